The van der Waals surface area contributed by atoms with Gasteiger partial charge in [-0.15, -0.1) is 0 Å². The van der Waals surface area contributed by atoms with E-state index in [0.29, 0.717) is 29.7 Å². The quantitative estimate of drug-likeness (QED) is 0.435. The predicted octanol–water partition coefficient (Wildman–Crippen LogP) is 6.01. The summed E-state index contributed by atoms with van der Waals surface area (Å²) < 4.78 is 12.3. The number of halogens is 2. The first-order chi connectivity index (χ1) is 13.1. The summed E-state index contributed by atoms with van der Waals surface area (Å²) in [5.74, 6) is 1.51. The van der Waals surface area contributed by atoms with Crippen molar-refractivity contribution in [1.29, 1.82) is 0 Å². The van der Waals surface area contributed by atoms with Gasteiger partial charge in [0.25, 0.3) is 0 Å². The lowest BCUT2D eigenvalue weighted by atomic mass is 10.2. The molecule has 0 unspecified atom stereocenters. The highest BCUT2D eigenvalue weighted by atomic mass is 79.9. The second kappa shape index (κ2) is 9.02. The van der Waals surface area contributed by atoms with Gasteiger partial charge in [-0.1, -0.05) is 29.8 Å². The molecule has 2 N–H and O–H groups in total. The van der Waals surface area contributed by atoms with Gasteiger partial charge in [0.05, 0.1) is 11.6 Å². The molecule has 3 rings (SSSR count). The van der Waals surface area contributed by atoms with Crippen LogP contribution in [0.25, 0.3) is 0 Å². The van der Waals surface area contributed by atoms with E-state index in [2.05, 4.69) is 21.2 Å². The van der Waals surface area contributed by atoms with E-state index in [9.17, 15) is 5.11 Å². The summed E-state index contributed by atoms with van der Waals surface area (Å²) in [6, 6.07) is 18.4. The molecule has 4 nitrogen and oxygen atoms in total. The van der Waals surface area contributed by atoms with Gasteiger partial charge in [-0.3, -0.25) is 0 Å². The van der Waals surface area contributed by atoms with E-state index < -0.39 is 0 Å². The van der Waals surface area contributed by atoms with E-state index in [-0.39, 0.29) is 5.75 Å². The Morgan fingerprint density at radius 2 is 1.81 bits per heavy atom. The first kappa shape index (κ1) is 19.4. The van der Waals surface area contributed by atoms with Crippen molar-refractivity contribution >= 4 is 33.2 Å². The third-order valence-electron chi connectivity index (χ3n) is 3.98. The SMILES string of the molecule is COc1cc(CNc2ccc(O)cc2)cc(Br)c1OCc1ccccc1Cl. The highest BCUT2D eigenvalue weighted by Gasteiger charge is 2.13. The lowest BCUT2D eigenvalue weighted by Crippen LogP contribution is -2.03. The molecule has 0 spiro atoms. The summed E-state index contributed by atoms with van der Waals surface area (Å²) in [5, 5.41) is 13.3. The molecule has 140 valence electrons. The number of hydrogen-bond donors (Lipinski definition) is 2. The second-order valence-electron chi connectivity index (χ2n) is 5.89. The Labute approximate surface area is 171 Å². The van der Waals surface area contributed by atoms with Gasteiger partial charge in [0.15, 0.2) is 11.5 Å². The van der Waals surface area contributed by atoms with Crippen LogP contribution >= 0.6 is 27.5 Å². The van der Waals surface area contributed by atoms with Crippen LogP contribution in [-0.4, -0.2) is 12.2 Å². The van der Waals surface area contributed by atoms with Crippen molar-refractivity contribution in [3.05, 3.63) is 81.3 Å². The van der Waals surface area contributed by atoms with E-state index in [1.807, 2.05) is 48.5 Å². The van der Waals surface area contributed by atoms with Gasteiger partial charge in [-0.25, -0.2) is 0 Å². The fraction of sp³-hybridized carbons (Fsp3) is 0.143. The van der Waals surface area contributed by atoms with Crippen molar-refractivity contribution < 1.29 is 14.6 Å². The number of aromatic hydroxyl groups is 1. The summed E-state index contributed by atoms with van der Waals surface area (Å²) >= 11 is 9.76. The van der Waals surface area contributed by atoms with E-state index >= 15 is 0 Å². The van der Waals surface area contributed by atoms with Crippen molar-refractivity contribution in [3.63, 3.8) is 0 Å². The number of methoxy groups -OCH3 is 1. The van der Waals surface area contributed by atoms with Crippen LogP contribution in [-0.2, 0) is 13.2 Å². The van der Waals surface area contributed by atoms with Crippen LogP contribution in [0.2, 0.25) is 5.02 Å². The molecule has 0 aliphatic rings. The molecule has 0 heterocycles. The first-order valence-electron chi connectivity index (χ1n) is 8.32. The van der Waals surface area contributed by atoms with Gasteiger partial charge >= 0.3 is 0 Å². The molecule has 3 aromatic carbocycles. The lowest BCUT2D eigenvalue weighted by Gasteiger charge is -2.15. The Bertz CT molecular complexity index is 916. The Morgan fingerprint density at radius 1 is 1.07 bits per heavy atom. The summed E-state index contributed by atoms with van der Waals surface area (Å²) in [6.45, 7) is 0.949. The number of anilines is 1. The molecule has 0 fully saturated rings. The second-order valence-corrected chi connectivity index (χ2v) is 7.15. The minimum atomic E-state index is 0.241. The molecule has 0 atom stereocenters. The summed E-state index contributed by atoms with van der Waals surface area (Å²) in [4.78, 5) is 0. The van der Waals surface area contributed by atoms with E-state index in [0.717, 1.165) is 21.3 Å². The Morgan fingerprint density at radius 3 is 2.52 bits per heavy atom. The number of rotatable bonds is 7. The van der Waals surface area contributed by atoms with Gasteiger partial charge in [0.1, 0.15) is 12.4 Å². The molecular weight excluding hydrogens is 430 g/mol. The normalized spacial score (nSPS) is 10.5. The molecular formula is C21H19BrClNO3. The number of hydrogen-bond acceptors (Lipinski definition) is 4. The van der Waals surface area contributed by atoms with E-state index in [1.165, 1.54) is 0 Å². The molecule has 6 heteroatoms. The lowest BCUT2D eigenvalue weighted by molar-refractivity contribution is 0.282. The average Bonchev–Trinajstić information content (AvgIpc) is 2.67. The van der Waals surface area contributed by atoms with Crippen LogP contribution in [0, 0.1) is 0 Å². The minimum absolute atomic E-state index is 0.241. The maximum absolute atomic E-state index is 9.35. The molecule has 3 aromatic rings. The molecule has 0 aliphatic carbocycles. The van der Waals surface area contributed by atoms with Gasteiger partial charge < -0.3 is 19.9 Å². The van der Waals surface area contributed by atoms with Crippen molar-refractivity contribution in [2.75, 3.05) is 12.4 Å². The number of phenols is 1. The van der Waals surface area contributed by atoms with Crippen LogP contribution in [0.1, 0.15) is 11.1 Å². The van der Waals surface area contributed by atoms with Crippen LogP contribution in [0.4, 0.5) is 5.69 Å². The highest BCUT2D eigenvalue weighted by Crippen LogP contribution is 2.37. The fourth-order valence-corrected chi connectivity index (χ4v) is 3.36. The van der Waals surface area contributed by atoms with Gasteiger partial charge in [0, 0.05) is 22.8 Å². The summed E-state index contributed by atoms with van der Waals surface area (Å²) in [5.41, 5.74) is 2.85. The number of phenolic OH excluding ortho intramolecular Hbond substituents is 1. The summed E-state index contributed by atoms with van der Waals surface area (Å²) in [6.07, 6.45) is 0. The zero-order valence-corrected chi connectivity index (χ0v) is 17.0. The van der Waals surface area contributed by atoms with Gasteiger partial charge in [-0.2, -0.15) is 0 Å². The highest BCUT2D eigenvalue weighted by molar-refractivity contribution is 9.10. The average molecular weight is 449 g/mol. The molecule has 27 heavy (non-hydrogen) atoms. The van der Waals surface area contributed by atoms with Crippen LogP contribution in [0.5, 0.6) is 17.2 Å². The van der Waals surface area contributed by atoms with E-state index in [1.54, 1.807) is 19.2 Å². The van der Waals surface area contributed by atoms with Gasteiger partial charge in [-0.05, 0) is 64.0 Å². The van der Waals surface area contributed by atoms with Crippen molar-refractivity contribution in [1.82, 2.24) is 0 Å². The Hall–Kier alpha value is -2.37. The number of benzene rings is 3. The van der Waals surface area contributed by atoms with Crippen LogP contribution in [0.3, 0.4) is 0 Å². The Kier molecular flexibility index (Phi) is 6.48. The van der Waals surface area contributed by atoms with Crippen LogP contribution in [0.15, 0.2) is 65.1 Å². The maximum Gasteiger partial charge on any atom is 0.175 e. The van der Waals surface area contributed by atoms with Gasteiger partial charge in [0.2, 0.25) is 0 Å². The molecule has 0 aromatic heterocycles. The first-order valence-corrected chi connectivity index (χ1v) is 9.49. The number of ether oxygens (including phenoxy) is 2. The minimum Gasteiger partial charge on any atom is -0.508 e. The standard InChI is InChI=1S/C21H19BrClNO3/c1-26-20-11-14(12-24-16-6-8-17(25)9-7-16)10-18(22)21(20)27-13-15-4-2-3-5-19(15)23/h2-11,24-25H,12-13H2,1H3. The molecule has 0 saturated heterocycles. The van der Waals surface area contributed by atoms with E-state index in [4.69, 9.17) is 21.1 Å². The topological polar surface area (TPSA) is 50.7 Å². The van der Waals surface area contributed by atoms with Crippen LogP contribution < -0.4 is 14.8 Å². The maximum atomic E-state index is 9.35. The molecule has 0 saturated carbocycles. The molecule has 0 bridgehead atoms. The molecule has 0 amide bonds. The van der Waals surface area contributed by atoms with Crippen molar-refractivity contribution in [2.24, 2.45) is 0 Å². The van der Waals surface area contributed by atoms with Crippen molar-refractivity contribution in [2.45, 2.75) is 13.2 Å². The molecule has 0 radical (unpaired) electrons. The Balaban J connectivity index is 1.72. The molecule has 0 aliphatic heterocycles. The fourth-order valence-electron chi connectivity index (χ4n) is 2.56. The predicted molar refractivity (Wildman–Crippen MR) is 112 cm³/mol. The summed E-state index contributed by atoms with van der Waals surface area (Å²) in [7, 11) is 1.61. The smallest absolute Gasteiger partial charge is 0.175 e. The monoisotopic (exact) mass is 447 g/mol. The third kappa shape index (κ3) is 5.08. The zero-order valence-electron chi connectivity index (χ0n) is 14.7. The number of nitrogens with one attached hydrogen (secondary N) is 1. The van der Waals surface area contributed by atoms with Crippen molar-refractivity contribution in [3.8, 4) is 17.2 Å². The largest absolute Gasteiger partial charge is 0.508 e. The third-order valence-corrected chi connectivity index (χ3v) is 4.94. The zero-order chi connectivity index (χ0) is 19.2.